The molecule has 0 bridgehead atoms. The summed E-state index contributed by atoms with van der Waals surface area (Å²) in [6.45, 7) is 5.26. The van der Waals surface area contributed by atoms with Gasteiger partial charge in [-0.3, -0.25) is 9.59 Å². The molecule has 6 rings (SSSR count). The van der Waals surface area contributed by atoms with E-state index in [1.165, 1.54) is 22.7 Å². The van der Waals surface area contributed by atoms with Gasteiger partial charge in [-0.2, -0.15) is 9.98 Å². The highest BCUT2D eigenvalue weighted by Crippen LogP contribution is 2.27. The molecule has 6 aromatic rings. The van der Waals surface area contributed by atoms with Crippen molar-refractivity contribution in [1.82, 2.24) is 9.13 Å². The number of aryl methyl sites for hydroxylation is 2. The fraction of sp³-hybridized carbons (Fsp3) is 0.125. The van der Waals surface area contributed by atoms with E-state index in [1.54, 1.807) is 48.5 Å². The summed E-state index contributed by atoms with van der Waals surface area (Å²) in [4.78, 5) is 35.8. The van der Waals surface area contributed by atoms with E-state index in [0.717, 1.165) is 20.4 Å². The molecular weight excluding hydrogens is 623 g/mol. The van der Waals surface area contributed by atoms with Gasteiger partial charge in [0.25, 0.3) is 11.8 Å². The Morgan fingerprint density at radius 1 is 0.651 bits per heavy atom. The van der Waals surface area contributed by atoms with Crippen molar-refractivity contribution in [3.05, 3.63) is 116 Å². The van der Waals surface area contributed by atoms with E-state index in [-0.39, 0.29) is 11.8 Å². The van der Waals surface area contributed by atoms with Gasteiger partial charge in [-0.15, -0.1) is 0 Å². The van der Waals surface area contributed by atoms with Crippen molar-refractivity contribution in [3.8, 4) is 11.5 Å². The molecule has 7 nitrogen and oxygen atoms in total. The van der Waals surface area contributed by atoms with Crippen LogP contribution in [0.4, 0.5) is 0 Å². The Kier molecular flexibility index (Phi) is 8.32. The van der Waals surface area contributed by atoms with Crippen LogP contribution in [0, 0.1) is 0 Å². The van der Waals surface area contributed by atoms with Crippen LogP contribution in [-0.2, 0) is 13.1 Å². The summed E-state index contributed by atoms with van der Waals surface area (Å²) in [6.07, 6.45) is 0. The average molecular weight is 648 g/mol. The van der Waals surface area contributed by atoms with E-state index in [1.807, 2.05) is 59.4 Å². The Morgan fingerprint density at radius 3 is 1.42 bits per heavy atom. The van der Waals surface area contributed by atoms with Crippen LogP contribution in [0.25, 0.3) is 20.4 Å². The molecule has 0 radical (unpaired) electrons. The van der Waals surface area contributed by atoms with Gasteiger partial charge in [0, 0.05) is 24.2 Å². The minimum absolute atomic E-state index is 0.353. The SMILES string of the molecule is CCn1c(=NC(=O)c2ccc(Oc3ccc(C(=O)N=c4sc5cccc(Cl)c5n4CC)cc3)cc2)sc2cccc(Cl)c21. The monoisotopic (exact) mass is 646 g/mol. The van der Waals surface area contributed by atoms with E-state index in [2.05, 4.69) is 9.98 Å². The minimum Gasteiger partial charge on any atom is -0.457 e. The Labute approximate surface area is 264 Å². The van der Waals surface area contributed by atoms with Crippen molar-refractivity contribution in [1.29, 1.82) is 0 Å². The number of aromatic nitrogens is 2. The number of halogens is 2. The molecule has 0 atom stereocenters. The average Bonchev–Trinajstić information content (AvgIpc) is 3.56. The third-order valence-electron chi connectivity index (χ3n) is 6.77. The Bertz CT molecular complexity index is 1990. The van der Waals surface area contributed by atoms with Crippen LogP contribution in [0.15, 0.2) is 94.9 Å². The predicted molar refractivity (Wildman–Crippen MR) is 174 cm³/mol. The first-order chi connectivity index (χ1) is 20.9. The Hall–Kier alpha value is -4.02. The zero-order valence-corrected chi connectivity index (χ0v) is 26.2. The van der Waals surface area contributed by atoms with Crippen LogP contribution >= 0.6 is 45.9 Å². The number of rotatable bonds is 6. The Morgan fingerprint density at radius 2 is 1.05 bits per heavy atom. The number of ether oxygens (including phenoxy) is 1. The smallest absolute Gasteiger partial charge is 0.279 e. The van der Waals surface area contributed by atoms with E-state index >= 15 is 0 Å². The van der Waals surface area contributed by atoms with E-state index < -0.39 is 0 Å². The van der Waals surface area contributed by atoms with Gasteiger partial charge in [-0.25, -0.2) is 0 Å². The van der Waals surface area contributed by atoms with Crippen LogP contribution in [0.5, 0.6) is 11.5 Å². The third kappa shape index (κ3) is 5.81. The summed E-state index contributed by atoms with van der Waals surface area (Å²) in [5.74, 6) is 0.383. The molecule has 0 saturated carbocycles. The first-order valence-electron chi connectivity index (χ1n) is 13.5. The zero-order chi connectivity index (χ0) is 30.1. The second-order valence-electron chi connectivity index (χ2n) is 9.42. The van der Waals surface area contributed by atoms with Crippen molar-refractivity contribution in [2.45, 2.75) is 26.9 Å². The molecule has 0 fully saturated rings. The van der Waals surface area contributed by atoms with Gasteiger partial charge in [0.1, 0.15) is 11.5 Å². The maximum Gasteiger partial charge on any atom is 0.279 e. The Balaban J connectivity index is 1.17. The van der Waals surface area contributed by atoms with Crippen LogP contribution < -0.4 is 14.3 Å². The first kappa shape index (κ1) is 29.1. The summed E-state index contributed by atoms with van der Waals surface area (Å²) in [6, 6.07) is 24.9. The highest BCUT2D eigenvalue weighted by atomic mass is 35.5. The maximum absolute atomic E-state index is 13.0. The normalized spacial score (nSPS) is 12.4. The van der Waals surface area contributed by atoms with Gasteiger partial charge in [0.05, 0.1) is 30.5 Å². The highest BCUT2D eigenvalue weighted by molar-refractivity contribution is 7.16. The topological polar surface area (TPSA) is 78.0 Å². The van der Waals surface area contributed by atoms with E-state index in [4.69, 9.17) is 27.9 Å². The van der Waals surface area contributed by atoms with Crippen LogP contribution in [0.3, 0.4) is 0 Å². The number of nitrogens with zero attached hydrogens (tertiary/aromatic N) is 4. The predicted octanol–water partition coefficient (Wildman–Crippen LogP) is 8.34. The molecule has 2 amide bonds. The van der Waals surface area contributed by atoms with Gasteiger partial charge in [0.15, 0.2) is 9.60 Å². The second-order valence-corrected chi connectivity index (χ2v) is 12.2. The maximum atomic E-state index is 13.0. The van der Waals surface area contributed by atoms with Crippen LogP contribution in [0.2, 0.25) is 10.0 Å². The molecule has 0 aliphatic heterocycles. The lowest BCUT2D eigenvalue weighted by Gasteiger charge is -2.06. The molecule has 216 valence electrons. The molecule has 11 heteroatoms. The number of hydrogen-bond donors (Lipinski definition) is 0. The number of carbonyl (C=O) groups excluding carboxylic acids is 2. The third-order valence-corrected chi connectivity index (χ3v) is 9.47. The van der Waals surface area contributed by atoms with Gasteiger partial charge in [-0.05, 0) is 86.6 Å². The fourth-order valence-electron chi connectivity index (χ4n) is 4.70. The molecule has 0 unspecified atom stereocenters. The first-order valence-corrected chi connectivity index (χ1v) is 15.9. The van der Waals surface area contributed by atoms with Gasteiger partial charge in [-0.1, -0.05) is 58.0 Å². The lowest BCUT2D eigenvalue weighted by Crippen LogP contribution is -2.16. The number of para-hydroxylation sites is 2. The number of benzene rings is 4. The van der Waals surface area contributed by atoms with Gasteiger partial charge in [0.2, 0.25) is 0 Å². The van der Waals surface area contributed by atoms with Crippen molar-refractivity contribution in [2.75, 3.05) is 0 Å². The number of fused-ring (bicyclic) bond motifs is 2. The largest absolute Gasteiger partial charge is 0.457 e. The zero-order valence-electron chi connectivity index (χ0n) is 23.1. The number of hydrogen-bond acceptors (Lipinski definition) is 5. The molecule has 0 aliphatic carbocycles. The molecule has 0 spiro atoms. The van der Waals surface area contributed by atoms with Crippen LogP contribution in [-0.4, -0.2) is 20.9 Å². The molecule has 4 aromatic carbocycles. The summed E-state index contributed by atoms with van der Waals surface area (Å²) >= 11 is 15.6. The van der Waals surface area contributed by atoms with Crippen molar-refractivity contribution < 1.29 is 14.3 Å². The summed E-state index contributed by atoms with van der Waals surface area (Å²) < 4.78 is 11.8. The standard InChI is InChI=1S/C32H24Cl2N4O3S2/c1-3-37-27-23(33)7-5-9-25(27)42-31(37)35-29(39)19-11-15-21(16-12-19)41-22-17-13-20(14-18-22)30(40)36-32-38(4-2)28-24(34)8-6-10-26(28)43-32/h5-18H,3-4H2,1-2H3. The lowest BCUT2D eigenvalue weighted by molar-refractivity contribution is 0.0989. The van der Waals surface area contributed by atoms with Gasteiger partial charge < -0.3 is 13.9 Å². The summed E-state index contributed by atoms with van der Waals surface area (Å²) in [5, 5.41) is 1.26. The molecule has 2 heterocycles. The van der Waals surface area contributed by atoms with Crippen LogP contribution in [0.1, 0.15) is 34.6 Å². The quantitative estimate of drug-likeness (QED) is 0.182. The molecule has 0 aliphatic rings. The molecule has 43 heavy (non-hydrogen) atoms. The molecular formula is C32H24Cl2N4O3S2. The molecule has 2 aromatic heterocycles. The fourth-order valence-corrected chi connectivity index (χ4v) is 7.60. The molecule has 0 saturated heterocycles. The number of thiazole rings is 2. The number of amides is 2. The van der Waals surface area contributed by atoms with E-state index in [9.17, 15) is 9.59 Å². The van der Waals surface area contributed by atoms with Crippen molar-refractivity contribution in [3.63, 3.8) is 0 Å². The molecule has 0 N–H and O–H groups in total. The number of carbonyl (C=O) groups is 2. The minimum atomic E-state index is -0.353. The summed E-state index contributed by atoms with van der Waals surface area (Å²) in [5.41, 5.74) is 2.63. The van der Waals surface area contributed by atoms with Gasteiger partial charge >= 0.3 is 0 Å². The summed E-state index contributed by atoms with van der Waals surface area (Å²) in [7, 11) is 0. The lowest BCUT2D eigenvalue weighted by atomic mass is 10.2. The van der Waals surface area contributed by atoms with Crippen molar-refractivity contribution >= 4 is 78.1 Å². The second kappa shape index (κ2) is 12.3. The highest BCUT2D eigenvalue weighted by Gasteiger charge is 2.13. The van der Waals surface area contributed by atoms with Crippen molar-refractivity contribution in [2.24, 2.45) is 9.98 Å². The van der Waals surface area contributed by atoms with E-state index in [0.29, 0.717) is 55.4 Å².